The van der Waals surface area contributed by atoms with Crippen LogP contribution in [-0.4, -0.2) is 24.1 Å². The number of anilines is 2. The highest BCUT2D eigenvalue weighted by atomic mass is 16.6. The van der Waals surface area contributed by atoms with Crippen LogP contribution in [0, 0.1) is 5.41 Å². The van der Waals surface area contributed by atoms with Crippen molar-refractivity contribution >= 4 is 23.3 Å². The molecule has 2 aromatic rings. The summed E-state index contributed by atoms with van der Waals surface area (Å²) in [6.07, 6.45) is 0.297. The maximum Gasteiger partial charge on any atom is 0.358 e. The van der Waals surface area contributed by atoms with Crippen molar-refractivity contribution in [3.63, 3.8) is 0 Å². The van der Waals surface area contributed by atoms with Gasteiger partial charge in [0.05, 0.1) is 0 Å². The number of nitrogen functional groups attached to an aromatic ring is 2. The molecule has 1 atom stereocenters. The molecular formula is C22H28N2O5. The van der Waals surface area contributed by atoms with Gasteiger partial charge >= 0.3 is 11.9 Å². The summed E-state index contributed by atoms with van der Waals surface area (Å²) in [6.45, 7) is 6.94. The predicted octanol–water partition coefficient (Wildman–Crippen LogP) is 3.57. The van der Waals surface area contributed by atoms with E-state index in [1.54, 1.807) is 55.5 Å². The Bertz CT molecular complexity index is 841. The standard InChI is InChI=1S/C22H28N2O5/c1-5-22(21(2,3)4,29-18-12-8-16(24)9-13-18)20(26)28-19(25)14-27-17-10-6-15(23)7-11-17/h6-13H,5,14,23-24H2,1-4H3. The van der Waals surface area contributed by atoms with Crippen LogP contribution in [-0.2, 0) is 14.3 Å². The number of esters is 2. The fourth-order valence-corrected chi connectivity index (χ4v) is 2.91. The molecule has 0 saturated carbocycles. The highest BCUT2D eigenvalue weighted by Gasteiger charge is 2.52. The van der Waals surface area contributed by atoms with Gasteiger partial charge in [0, 0.05) is 16.8 Å². The van der Waals surface area contributed by atoms with Crippen molar-refractivity contribution in [2.75, 3.05) is 18.1 Å². The first-order valence-corrected chi connectivity index (χ1v) is 9.35. The van der Waals surface area contributed by atoms with Gasteiger partial charge in [0.15, 0.2) is 6.61 Å². The van der Waals surface area contributed by atoms with Gasteiger partial charge in [-0.15, -0.1) is 0 Å². The molecule has 0 heterocycles. The molecule has 0 aliphatic heterocycles. The first-order chi connectivity index (χ1) is 13.6. The molecule has 2 rings (SSSR count). The Kier molecular flexibility index (Phi) is 6.74. The third-order valence-corrected chi connectivity index (χ3v) is 4.65. The molecule has 156 valence electrons. The van der Waals surface area contributed by atoms with Crippen molar-refractivity contribution in [2.45, 2.75) is 39.7 Å². The lowest BCUT2D eigenvalue weighted by Crippen LogP contribution is -2.55. The molecule has 1 unspecified atom stereocenters. The average Bonchev–Trinajstić information content (AvgIpc) is 2.66. The zero-order valence-corrected chi connectivity index (χ0v) is 17.2. The van der Waals surface area contributed by atoms with Crippen molar-refractivity contribution in [2.24, 2.45) is 5.41 Å². The van der Waals surface area contributed by atoms with Crippen molar-refractivity contribution < 1.29 is 23.8 Å². The summed E-state index contributed by atoms with van der Waals surface area (Å²) in [5.74, 6) is -0.678. The van der Waals surface area contributed by atoms with Gasteiger partial charge in [0.2, 0.25) is 5.60 Å². The lowest BCUT2D eigenvalue weighted by Gasteiger charge is -2.41. The van der Waals surface area contributed by atoms with Gasteiger partial charge in [-0.2, -0.15) is 0 Å². The van der Waals surface area contributed by atoms with E-state index in [9.17, 15) is 9.59 Å². The normalized spacial score (nSPS) is 13.2. The maximum atomic E-state index is 13.0. The lowest BCUT2D eigenvalue weighted by molar-refractivity contribution is -0.181. The summed E-state index contributed by atoms with van der Waals surface area (Å²) in [5, 5.41) is 0. The Labute approximate surface area is 170 Å². The van der Waals surface area contributed by atoms with E-state index in [0.29, 0.717) is 29.3 Å². The van der Waals surface area contributed by atoms with Crippen molar-refractivity contribution in [3.8, 4) is 11.5 Å². The summed E-state index contributed by atoms with van der Waals surface area (Å²) < 4.78 is 16.5. The van der Waals surface area contributed by atoms with Crippen LogP contribution in [0.5, 0.6) is 11.5 Å². The van der Waals surface area contributed by atoms with Crippen LogP contribution < -0.4 is 20.9 Å². The number of rotatable bonds is 7. The summed E-state index contributed by atoms with van der Waals surface area (Å²) >= 11 is 0. The van der Waals surface area contributed by atoms with Gasteiger partial charge in [0.1, 0.15) is 11.5 Å². The Morgan fingerprint density at radius 3 is 1.79 bits per heavy atom. The minimum atomic E-state index is -1.38. The molecule has 0 spiro atoms. The van der Waals surface area contributed by atoms with E-state index < -0.39 is 29.6 Å². The van der Waals surface area contributed by atoms with Gasteiger partial charge in [-0.3, -0.25) is 0 Å². The van der Waals surface area contributed by atoms with Crippen molar-refractivity contribution in [1.29, 1.82) is 0 Å². The molecule has 0 aliphatic rings. The zero-order chi connectivity index (χ0) is 21.7. The summed E-state index contributed by atoms with van der Waals surface area (Å²) in [6, 6.07) is 13.2. The second-order valence-electron chi connectivity index (χ2n) is 7.72. The Morgan fingerprint density at radius 2 is 1.34 bits per heavy atom. The van der Waals surface area contributed by atoms with Crippen molar-refractivity contribution in [3.05, 3.63) is 48.5 Å². The maximum absolute atomic E-state index is 13.0. The minimum Gasteiger partial charge on any atom is -0.482 e. The molecule has 2 aromatic carbocycles. The molecule has 4 N–H and O–H groups in total. The van der Waals surface area contributed by atoms with E-state index in [2.05, 4.69) is 0 Å². The topological polar surface area (TPSA) is 114 Å². The number of ether oxygens (including phenoxy) is 3. The number of carbonyl (C=O) groups is 2. The molecule has 7 nitrogen and oxygen atoms in total. The SMILES string of the molecule is CCC(Oc1ccc(N)cc1)(C(=O)OC(=O)COc1ccc(N)cc1)C(C)(C)C. The molecule has 0 saturated heterocycles. The summed E-state index contributed by atoms with van der Waals surface area (Å²) in [4.78, 5) is 25.2. The number of hydrogen-bond acceptors (Lipinski definition) is 7. The van der Waals surface area contributed by atoms with E-state index >= 15 is 0 Å². The second-order valence-corrected chi connectivity index (χ2v) is 7.72. The Hall–Kier alpha value is -3.22. The first-order valence-electron chi connectivity index (χ1n) is 9.35. The van der Waals surface area contributed by atoms with Gasteiger partial charge in [-0.05, 0) is 55.0 Å². The molecule has 0 radical (unpaired) electrons. The van der Waals surface area contributed by atoms with Crippen LogP contribution in [0.15, 0.2) is 48.5 Å². The molecule has 0 amide bonds. The van der Waals surface area contributed by atoms with E-state index in [4.69, 9.17) is 25.7 Å². The summed E-state index contributed by atoms with van der Waals surface area (Å²) in [5.41, 5.74) is 10.4. The number of carbonyl (C=O) groups excluding carboxylic acids is 2. The number of nitrogens with two attached hydrogens (primary N) is 2. The molecule has 7 heteroatoms. The van der Waals surface area contributed by atoms with Crippen LogP contribution >= 0.6 is 0 Å². The smallest absolute Gasteiger partial charge is 0.358 e. The third-order valence-electron chi connectivity index (χ3n) is 4.65. The third kappa shape index (κ3) is 5.40. The molecular weight excluding hydrogens is 372 g/mol. The van der Waals surface area contributed by atoms with E-state index in [-0.39, 0.29) is 0 Å². The quantitative estimate of drug-likeness (QED) is 0.415. The van der Waals surface area contributed by atoms with Crippen LogP contribution in [0.4, 0.5) is 11.4 Å². The van der Waals surface area contributed by atoms with Crippen LogP contribution in [0.1, 0.15) is 34.1 Å². The predicted molar refractivity (Wildman–Crippen MR) is 111 cm³/mol. The Morgan fingerprint density at radius 1 is 0.862 bits per heavy atom. The molecule has 0 fully saturated rings. The van der Waals surface area contributed by atoms with Gasteiger partial charge in [0.25, 0.3) is 0 Å². The largest absolute Gasteiger partial charge is 0.482 e. The van der Waals surface area contributed by atoms with Gasteiger partial charge in [-0.25, -0.2) is 9.59 Å². The van der Waals surface area contributed by atoms with Crippen LogP contribution in [0.2, 0.25) is 0 Å². The first kappa shape index (κ1) is 22.1. The lowest BCUT2D eigenvalue weighted by atomic mass is 9.74. The van der Waals surface area contributed by atoms with Crippen LogP contribution in [0.25, 0.3) is 0 Å². The molecule has 0 aliphatic carbocycles. The Balaban J connectivity index is 2.12. The van der Waals surface area contributed by atoms with Gasteiger partial charge < -0.3 is 25.7 Å². The van der Waals surface area contributed by atoms with Crippen molar-refractivity contribution in [1.82, 2.24) is 0 Å². The van der Waals surface area contributed by atoms with Gasteiger partial charge in [-0.1, -0.05) is 27.7 Å². The molecule has 0 aromatic heterocycles. The molecule has 0 bridgehead atoms. The van der Waals surface area contributed by atoms with Crippen LogP contribution in [0.3, 0.4) is 0 Å². The minimum absolute atomic E-state index is 0.297. The number of hydrogen-bond donors (Lipinski definition) is 2. The molecule has 29 heavy (non-hydrogen) atoms. The monoisotopic (exact) mass is 400 g/mol. The number of benzene rings is 2. The fraction of sp³-hybridized carbons (Fsp3) is 0.364. The van der Waals surface area contributed by atoms with E-state index in [0.717, 1.165) is 0 Å². The second kappa shape index (κ2) is 8.86. The zero-order valence-electron chi connectivity index (χ0n) is 17.2. The van der Waals surface area contributed by atoms with E-state index in [1.165, 1.54) is 0 Å². The van der Waals surface area contributed by atoms with E-state index in [1.807, 2.05) is 20.8 Å². The highest BCUT2D eigenvalue weighted by Crippen LogP contribution is 2.39. The average molecular weight is 400 g/mol. The summed E-state index contributed by atoms with van der Waals surface area (Å²) in [7, 11) is 0. The fourth-order valence-electron chi connectivity index (χ4n) is 2.91. The highest BCUT2D eigenvalue weighted by molar-refractivity contribution is 5.91.